The Kier molecular flexibility index (Phi) is 6.81. The Morgan fingerprint density at radius 3 is 2.65 bits per heavy atom. The predicted molar refractivity (Wildman–Crippen MR) is 66.7 cm³/mol. The van der Waals surface area contributed by atoms with Gasteiger partial charge >= 0.3 is 0 Å². The maximum Gasteiger partial charge on any atom is 0.0900 e. The largest absolute Gasteiger partial charge is 0.395 e. The van der Waals surface area contributed by atoms with Gasteiger partial charge in [-0.05, 0) is 12.6 Å². The highest BCUT2D eigenvalue weighted by Gasteiger charge is 2.07. The quantitative estimate of drug-likeness (QED) is 0.693. The minimum absolute atomic E-state index is 0.105. The van der Waals surface area contributed by atoms with Gasteiger partial charge in [-0.15, -0.1) is 0 Å². The van der Waals surface area contributed by atoms with Crippen LogP contribution < -0.4 is 0 Å². The maximum absolute atomic E-state index is 9.68. The summed E-state index contributed by atoms with van der Waals surface area (Å²) in [7, 11) is 1.86. The van der Waals surface area contributed by atoms with Crippen molar-refractivity contribution < 1.29 is 14.9 Å². The molecule has 1 atom stereocenters. The van der Waals surface area contributed by atoms with Crippen molar-refractivity contribution in [2.24, 2.45) is 0 Å². The SMILES string of the molecule is CN(CCO)C[C@H](O)COCc1ccccc1. The maximum atomic E-state index is 9.68. The van der Waals surface area contributed by atoms with E-state index in [4.69, 9.17) is 9.84 Å². The second-order valence-electron chi connectivity index (χ2n) is 4.14. The van der Waals surface area contributed by atoms with Gasteiger partial charge in [-0.3, -0.25) is 0 Å². The summed E-state index contributed by atoms with van der Waals surface area (Å²) in [5.41, 5.74) is 1.10. The first-order valence-electron chi connectivity index (χ1n) is 5.81. The first-order chi connectivity index (χ1) is 8.22. The fraction of sp³-hybridized carbons (Fsp3) is 0.538. The molecule has 0 bridgehead atoms. The third-order valence-electron chi connectivity index (χ3n) is 2.43. The molecule has 0 aromatic heterocycles. The molecule has 96 valence electrons. The van der Waals surface area contributed by atoms with Gasteiger partial charge in [-0.1, -0.05) is 30.3 Å². The van der Waals surface area contributed by atoms with Gasteiger partial charge in [0.25, 0.3) is 0 Å². The summed E-state index contributed by atoms with van der Waals surface area (Å²) < 4.78 is 5.42. The fourth-order valence-corrected chi connectivity index (χ4v) is 1.56. The summed E-state index contributed by atoms with van der Waals surface area (Å²) >= 11 is 0. The van der Waals surface area contributed by atoms with Crippen LogP contribution in [0.3, 0.4) is 0 Å². The molecule has 0 aliphatic carbocycles. The van der Waals surface area contributed by atoms with E-state index >= 15 is 0 Å². The van der Waals surface area contributed by atoms with Crippen LogP contribution in [0.25, 0.3) is 0 Å². The Labute approximate surface area is 102 Å². The number of ether oxygens (including phenoxy) is 1. The number of aliphatic hydroxyl groups excluding tert-OH is 2. The summed E-state index contributed by atoms with van der Waals surface area (Å²) in [6, 6.07) is 9.87. The minimum Gasteiger partial charge on any atom is -0.395 e. The minimum atomic E-state index is -0.518. The Hall–Kier alpha value is -0.940. The van der Waals surface area contributed by atoms with E-state index in [2.05, 4.69) is 0 Å². The van der Waals surface area contributed by atoms with Gasteiger partial charge in [-0.25, -0.2) is 0 Å². The molecule has 0 amide bonds. The monoisotopic (exact) mass is 239 g/mol. The Morgan fingerprint density at radius 1 is 1.29 bits per heavy atom. The van der Waals surface area contributed by atoms with Gasteiger partial charge in [0.2, 0.25) is 0 Å². The van der Waals surface area contributed by atoms with Crippen molar-refractivity contribution in [2.75, 3.05) is 33.4 Å². The molecule has 4 heteroatoms. The molecule has 4 nitrogen and oxygen atoms in total. The van der Waals surface area contributed by atoms with Crippen LogP contribution >= 0.6 is 0 Å². The molecule has 1 aromatic rings. The number of aliphatic hydroxyl groups is 2. The van der Waals surface area contributed by atoms with Crippen LogP contribution in [0.15, 0.2) is 30.3 Å². The Bertz CT molecular complexity index is 292. The standard InChI is InChI=1S/C13H21NO3/c1-14(7-8-15)9-13(16)11-17-10-12-5-3-2-4-6-12/h2-6,13,15-16H,7-11H2,1H3/t13-/m0/s1. The van der Waals surface area contributed by atoms with Crippen molar-refractivity contribution >= 4 is 0 Å². The van der Waals surface area contributed by atoms with Crippen molar-refractivity contribution in [1.82, 2.24) is 4.90 Å². The van der Waals surface area contributed by atoms with Crippen LogP contribution in [-0.2, 0) is 11.3 Å². The second kappa shape index (κ2) is 8.20. The molecule has 0 unspecified atom stereocenters. The molecule has 1 aromatic carbocycles. The van der Waals surface area contributed by atoms with Crippen LogP contribution in [0.2, 0.25) is 0 Å². The zero-order valence-electron chi connectivity index (χ0n) is 10.2. The molecule has 0 saturated heterocycles. The van der Waals surface area contributed by atoms with Gasteiger partial charge in [-0.2, -0.15) is 0 Å². The molecule has 17 heavy (non-hydrogen) atoms. The van der Waals surface area contributed by atoms with E-state index in [-0.39, 0.29) is 6.61 Å². The zero-order valence-corrected chi connectivity index (χ0v) is 10.2. The molecule has 0 fully saturated rings. The smallest absolute Gasteiger partial charge is 0.0900 e. The molecule has 1 rings (SSSR count). The Morgan fingerprint density at radius 2 is 2.00 bits per heavy atom. The molecule has 0 spiro atoms. The number of likely N-dealkylation sites (N-methyl/N-ethyl adjacent to an activating group) is 1. The van der Waals surface area contributed by atoms with Gasteiger partial charge in [0.05, 0.1) is 25.9 Å². The van der Waals surface area contributed by atoms with Crippen molar-refractivity contribution in [3.8, 4) is 0 Å². The molecular formula is C13H21NO3. The summed E-state index contributed by atoms with van der Waals surface area (Å²) in [5.74, 6) is 0. The van der Waals surface area contributed by atoms with Gasteiger partial charge in [0, 0.05) is 13.1 Å². The fourth-order valence-electron chi connectivity index (χ4n) is 1.56. The van der Waals surface area contributed by atoms with Crippen molar-refractivity contribution in [1.29, 1.82) is 0 Å². The highest BCUT2D eigenvalue weighted by Crippen LogP contribution is 2.01. The lowest BCUT2D eigenvalue weighted by molar-refractivity contribution is 0.0119. The lowest BCUT2D eigenvalue weighted by atomic mass is 10.2. The lowest BCUT2D eigenvalue weighted by Crippen LogP contribution is -2.33. The van der Waals surface area contributed by atoms with E-state index in [1.165, 1.54) is 0 Å². The van der Waals surface area contributed by atoms with E-state index in [1.54, 1.807) is 0 Å². The van der Waals surface area contributed by atoms with Crippen molar-refractivity contribution in [3.05, 3.63) is 35.9 Å². The van der Waals surface area contributed by atoms with E-state index in [0.29, 0.717) is 26.3 Å². The van der Waals surface area contributed by atoms with E-state index in [0.717, 1.165) is 5.56 Å². The summed E-state index contributed by atoms with van der Waals surface area (Å²) in [5, 5.41) is 18.4. The van der Waals surface area contributed by atoms with E-state index < -0.39 is 6.10 Å². The first kappa shape index (κ1) is 14.1. The average Bonchev–Trinajstić information content (AvgIpc) is 2.30. The number of rotatable bonds is 8. The molecule has 0 heterocycles. The van der Waals surface area contributed by atoms with Crippen LogP contribution in [0.1, 0.15) is 5.56 Å². The van der Waals surface area contributed by atoms with Crippen molar-refractivity contribution in [3.63, 3.8) is 0 Å². The lowest BCUT2D eigenvalue weighted by Gasteiger charge is -2.19. The average molecular weight is 239 g/mol. The van der Waals surface area contributed by atoms with Gasteiger partial charge in [0.15, 0.2) is 0 Å². The predicted octanol–water partition coefficient (Wildman–Crippen LogP) is 0.488. The highest BCUT2D eigenvalue weighted by atomic mass is 16.5. The van der Waals surface area contributed by atoms with Crippen molar-refractivity contribution in [2.45, 2.75) is 12.7 Å². The zero-order chi connectivity index (χ0) is 12.5. The summed E-state index contributed by atoms with van der Waals surface area (Å²) in [4.78, 5) is 1.87. The Balaban J connectivity index is 2.14. The third-order valence-corrected chi connectivity index (χ3v) is 2.43. The van der Waals surface area contributed by atoms with Crippen LogP contribution in [-0.4, -0.2) is 54.6 Å². The molecule has 0 aliphatic rings. The number of benzene rings is 1. The molecular weight excluding hydrogens is 218 g/mol. The number of hydrogen-bond acceptors (Lipinski definition) is 4. The first-order valence-corrected chi connectivity index (χ1v) is 5.81. The van der Waals surface area contributed by atoms with Crippen LogP contribution in [0.5, 0.6) is 0 Å². The highest BCUT2D eigenvalue weighted by molar-refractivity contribution is 5.13. The van der Waals surface area contributed by atoms with Crippen LogP contribution in [0.4, 0.5) is 0 Å². The number of nitrogens with zero attached hydrogens (tertiary/aromatic N) is 1. The topological polar surface area (TPSA) is 52.9 Å². The molecule has 0 saturated carbocycles. The second-order valence-corrected chi connectivity index (χ2v) is 4.14. The third kappa shape index (κ3) is 6.38. The molecule has 2 N–H and O–H groups in total. The van der Waals surface area contributed by atoms with Gasteiger partial charge in [0.1, 0.15) is 0 Å². The van der Waals surface area contributed by atoms with E-state index in [1.807, 2.05) is 42.3 Å². The van der Waals surface area contributed by atoms with Crippen LogP contribution in [0, 0.1) is 0 Å². The summed E-state index contributed by atoms with van der Waals surface area (Å²) in [6.45, 7) is 2.01. The van der Waals surface area contributed by atoms with Gasteiger partial charge < -0.3 is 19.8 Å². The summed E-state index contributed by atoms with van der Waals surface area (Å²) in [6.07, 6.45) is -0.518. The molecule has 0 aliphatic heterocycles. The van der Waals surface area contributed by atoms with E-state index in [9.17, 15) is 5.11 Å². The molecule has 0 radical (unpaired) electrons. The number of hydrogen-bond donors (Lipinski definition) is 2. The normalized spacial score (nSPS) is 12.9.